The highest BCUT2D eigenvalue weighted by Gasteiger charge is 2.09. The van der Waals surface area contributed by atoms with Crippen molar-refractivity contribution < 1.29 is 19.8 Å². The van der Waals surface area contributed by atoms with Gasteiger partial charge < -0.3 is 15.1 Å². The Balaban J connectivity index is 2.44. The molecule has 1 rings (SSSR count). The van der Waals surface area contributed by atoms with Crippen molar-refractivity contribution in [1.29, 1.82) is 0 Å². The normalized spacial score (nSPS) is 9.47. The second-order valence-electron chi connectivity index (χ2n) is 3.48. The maximum atomic E-state index is 11.2. The Morgan fingerprint density at radius 3 is 2.59 bits per heavy atom. The van der Waals surface area contributed by atoms with E-state index in [1.165, 1.54) is 12.1 Å². The lowest BCUT2D eigenvalue weighted by Gasteiger charge is -2.02. The van der Waals surface area contributed by atoms with Crippen molar-refractivity contribution in [2.24, 2.45) is 0 Å². The SMILES string of the molecule is CCCCCC#CC(=O)On1c(O)ccc1O. The van der Waals surface area contributed by atoms with Crippen LogP contribution in [0.2, 0.25) is 0 Å². The summed E-state index contributed by atoms with van der Waals surface area (Å²) in [5.74, 6) is 3.42. The van der Waals surface area contributed by atoms with Gasteiger partial charge in [0.05, 0.1) is 0 Å². The molecule has 0 saturated carbocycles. The molecule has 0 aromatic carbocycles. The zero-order valence-electron chi connectivity index (χ0n) is 9.64. The van der Waals surface area contributed by atoms with Gasteiger partial charge in [-0.2, -0.15) is 0 Å². The van der Waals surface area contributed by atoms with Gasteiger partial charge in [-0.1, -0.05) is 25.7 Å². The van der Waals surface area contributed by atoms with E-state index in [1.807, 2.05) is 0 Å². The van der Waals surface area contributed by atoms with Crippen LogP contribution in [0.1, 0.15) is 32.6 Å². The molecule has 1 aromatic rings. The van der Waals surface area contributed by atoms with Crippen LogP contribution in [0.4, 0.5) is 0 Å². The molecule has 0 bridgehead atoms. The summed E-state index contributed by atoms with van der Waals surface area (Å²) >= 11 is 0. The predicted molar refractivity (Wildman–Crippen MR) is 61.3 cm³/mol. The van der Waals surface area contributed by atoms with Gasteiger partial charge in [-0.05, 0) is 6.42 Å². The molecule has 0 radical (unpaired) electrons. The Morgan fingerprint density at radius 2 is 2.00 bits per heavy atom. The van der Waals surface area contributed by atoms with E-state index in [0.29, 0.717) is 11.2 Å². The lowest BCUT2D eigenvalue weighted by atomic mass is 10.2. The minimum absolute atomic E-state index is 0.358. The topological polar surface area (TPSA) is 71.7 Å². The third-order valence-corrected chi connectivity index (χ3v) is 2.07. The third-order valence-electron chi connectivity index (χ3n) is 2.07. The number of carbonyl (C=O) groups excluding carboxylic acids is 1. The van der Waals surface area contributed by atoms with Gasteiger partial charge in [0.15, 0.2) is 0 Å². The molecular formula is C12H15NO4. The zero-order chi connectivity index (χ0) is 12.7. The first kappa shape index (κ1) is 13.0. The monoisotopic (exact) mass is 237 g/mol. The van der Waals surface area contributed by atoms with Crippen LogP contribution in [0.25, 0.3) is 0 Å². The second-order valence-corrected chi connectivity index (χ2v) is 3.48. The van der Waals surface area contributed by atoms with Crippen molar-refractivity contribution in [3.8, 4) is 23.6 Å². The Morgan fingerprint density at radius 1 is 1.35 bits per heavy atom. The summed E-state index contributed by atoms with van der Waals surface area (Å²) in [6, 6.07) is 2.41. The highest BCUT2D eigenvalue weighted by Crippen LogP contribution is 2.18. The molecule has 5 heteroatoms. The molecule has 2 N–H and O–H groups in total. The van der Waals surface area contributed by atoms with Crippen LogP contribution < -0.4 is 4.84 Å². The average Bonchev–Trinajstić information content (AvgIpc) is 2.60. The first-order chi connectivity index (χ1) is 8.15. The Labute approximate surface area is 99.6 Å². The lowest BCUT2D eigenvalue weighted by molar-refractivity contribution is -0.138. The average molecular weight is 237 g/mol. The van der Waals surface area contributed by atoms with Gasteiger partial charge in [-0.3, -0.25) is 0 Å². The standard InChI is InChI=1S/C12H15NO4/c1-2-3-4-5-6-7-12(16)17-13-10(14)8-9-11(13)15/h8-9,14-15H,2-5H2,1H3. The van der Waals surface area contributed by atoms with E-state index in [9.17, 15) is 15.0 Å². The summed E-state index contributed by atoms with van der Waals surface area (Å²) in [5, 5.41) is 18.4. The molecule has 0 saturated heterocycles. The number of unbranched alkanes of at least 4 members (excludes halogenated alkanes) is 3. The highest BCUT2D eigenvalue weighted by atomic mass is 16.7. The van der Waals surface area contributed by atoms with E-state index in [-0.39, 0.29) is 11.8 Å². The Kier molecular flexibility index (Phi) is 4.95. The number of hydrogen-bond acceptors (Lipinski definition) is 4. The molecule has 1 aromatic heterocycles. The first-order valence-electron chi connectivity index (χ1n) is 5.46. The van der Waals surface area contributed by atoms with E-state index >= 15 is 0 Å². The van der Waals surface area contributed by atoms with Crippen molar-refractivity contribution in [3.05, 3.63) is 12.1 Å². The zero-order valence-corrected chi connectivity index (χ0v) is 9.64. The highest BCUT2D eigenvalue weighted by molar-refractivity contribution is 5.88. The summed E-state index contributed by atoms with van der Waals surface area (Å²) in [4.78, 5) is 15.8. The van der Waals surface area contributed by atoms with Gasteiger partial charge in [-0.25, -0.2) is 4.79 Å². The van der Waals surface area contributed by atoms with Gasteiger partial charge >= 0.3 is 5.97 Å². The van der Waals surface area contributed by atoms with Crippen LogP contribution >= 0.6 is 0 Å². The molecule has 0 atom stereocenters. The number of hydrogen-bond donors (Lipinski definition) is 2. The smallest absolute Gasteiger partial charge is 0.409 e. The summed E-state index contributed by atoms with van der Waals surface area (Å²) in [6.45, 7) is 2.08. The van der Waals surface area contributed by atoms with Crippen molar-refractivity contribution in [2.45, 2.75) is 32.6 Å². The molecule has 17 heavy (non-hydrogen) atoms. The molecule has 0 unspecified atom stereocenters. The van der Waals surface area contributed by atoms with Crippen LogP contribution in [0.15, 0.2) is 12.1 Å². The molecule has 0 spiro atoms. The van der Waals surface area contributed by atoms with Crippen molar-refractivity contribution in [3.63, 3.8) is 0 Å². The molecule has 0 fully saturated rings. The van der Waals surface area contributed by atoms with Crippen LogP contribution in [-0.4, -0.2) is 20.9 Å². The van der Waals surface area contributed by atoms with Crippen LogP contribution in [0.3, 0.4) is 0 Å². The Bertz CT molecular complexity index is 420. The van der Waals surface area contributed by atoms with Crippen molar-refractivity contribution in [2.75, 3.05) is 0 Å². The molecule has 0 amide bonds. The number of nitrogens with zero attached hydrogens (tertiary/aromatic N) is 1. The Hall–Kier alpha value is -2.09. The van der Waals surface area contributed by atoms with Crippen LogP contribution in [0.5, 0.6) is 11.8 Å². The summed E-state index contributed by atoms with van der Waals surface area (Å²) < 4.78 is 0.614. The van der Waals surface area contributed by atoms with Gasteiger partial charge in [0.1, 0.15) is 0 Å². The maximum Gasteiger partial charge on any atom is 0.409 e. The van der Waals surface area contributed by atoms with Gasteiger partial charge in [0, 0.05) is 24.5 Å². The molecule has 92 valence electrons. The minimum atomic E-state index is -0.816. The molecular weight excluding hydrogens is 222 g/mol. The lowest BCUT2D eigenvalue weighted by Crippen LogP contribution is -2.16. The summed E-state index contributed by atoms with van der Waals surface area (Å²) in [6.07, 6.45) is 3.74. The molecule has 0 aliphatic rings. The van der Waals surface area contributed by atoms with Crippen LogP contribution in [-0.2, 0) is 4.79 Å². The van der Waals surface area contributed by atoms with Crippen molar-refractivity contribution >= 4 is 5.97 Å². The van der Waals surface area contributed by atoms with Crippen LogP contribution in [0, 0.1) is 11.8 Å². The van der Waals surface area contributed by atoms with E-state index < -0.39 is 5.97 Å². The first-order valence-corrected chi connectivity index (χ1v) is 5.46. The fraction of sp³-hybridized carbons (Fsp3) is 0.417. The summed E-state index contributed by atoms with van der Waals surface area (Å²) in [7, 11) is 0. The fourth-order valence-electron chi connectivity index (χ4n) is 1.20. The van der Waals surface area contributed by atoms with E-state index in [0.717, 1.165) is 19.3 Å². The largest absolute Gasteiger partial charge is 0.492 e. The van der Waals surface area contributed by atoms with E-state index in [4.69, 9.17) is 0 Å². The van der Waals surface area contributed by atoms with Crippen molar-refractivity contribution in [1.82, 2.24) is 4.73 Å². The maximum absolute atomic E-state index is 11.2. The van der Waals surface area contributed by atoms with E-state index in [1.54, 1.807) is 0 Å². The van der Waals surface area contributed by atoms with Gasteiger partial charge in [0.25, 0.3) is 0 Å². The quantitative estimate of drug-likeness (QED) is 0.614. The number of aromatic hydroxyl groups is 2. The predicted octanol–water partition coefficient (Wildman–Crippen LogP) is 1.44. The van der Waals surface area contributed by atoms with Gasteiger partial charge in [0.2, 0.25) is 11.8 Å². The fourth-order valence-corrected chi connectivity index (χ4v) is 1.20. The minimum Gasteiger partial charge on any atom is -0.492 e. The van der Waals surface area contributed by atoms with Gasteiger partial charge in [-0.15, -0.1) is 4.73 Å². The molecule has 1 heterocycles. The second kappa shape index (κ2) is 6.48. The number of rotatable bonds is 4. The number of aromatic nitrogens is 1. The molecule has 0 aliphatic carbocycles. The molecule has 5 nitrogen and oxygen atoms in total. The number of carbonyl (C=O) groups is 1. The summed E-state index contributed by atoms with van der Waals surface area (Å²) in [5.41, 5.74) is 0. The van der Waals surface area contributed by atoms with E-state index in [2.05, 4.69) is 23.6 Å². The molecule has 0 aliphatic heterocycles. The third kappa shape index (κ3) is 4.11.